The highest BCUT2D eigenvalue weighted by Crippen LogP contribution is 2.34. The highest BCUT2D eigenvalue weighted by molar-refractivity contribution is 7.11. The van der Waals surface area contributed by atoms with Crippen molar-refractivity contribution in [3.8, 4) is 10.9 Å². The lowest BCUT2D eigenvalue weighted by molar-refractivity contribution is -0.140. The molecule has 90 valence electrons. The highest BCUT2D eigenvalue weighted by Gasteiger charge is 2.34. The van der Waals surface area contributed by atoms with Crippen LogP contribution in [-0.2, 0) is 6.18 Å². The Bertz CT molecular complexity index is 521. The first-order chi connectivity index (χ1) is 7.95. The van der Waals surface area contributed by atoms with Crippen molar-refractivity contribution < 1.29 is 17.9 Å². The van der Waals surface area contributed by atoms with Crippen molar-refractivity contribution in [3.63, 3.8) is 0 Å². The van der Waals surface area contributed by atoms with Crippen molar-refractivity contribution in [2.24, 2.45) is 0 Å². The van der Waals surface area contributed by atoms with Gasteiger partial charge in [-0.15, -0.1) is 0 Å². The first kappa shape index (κ1) is 11.9. The summed E-state index contributed by atoms with van der Waals surface area (Å²) in [6.07, 6.45) is -4.43. The topological polar surface area (TPSA) is 22.1 Å². The standard InChI is InChI=1S/C11H8F3NOS/c1-7-3-2-4-8(5-7)16-10-15-9(6-17-10)11(12,13)14/h2-6H,1H3. The predicted molar refractivity (Wildman–Crippen MR) is 58.4 cm³/mol. The summed E-state index contributed by atoms with van der Waals surface area (Å²) in [5.41, 5.74) is 0.0419. The number of benzene rings is 1. The van der Waals surface area contributed by atoms with Gasteiger partial charge in [-0.2, -0.15) is 18.2 Å². The molecule has 1 aromatic heterocycles. The van der Waals surface area contributed by atoms with E-state index in [9.17, 15) is 13.2 Å². The molecular formula is C11H8F3NOS. The van der Waals surface area contributed by atoms with Gasteiger partial charge in [-0.3, -0.25) is 0 Å². The first-order valence-electron chi connectivity index (χ1n) is 4.72. The van der Waals surface area contributed by atoms with Crippen LogP contribution in [0.2, 0.25) is 0 Å². The largest absolute Gasteiger partial charge is 0.434 e. The lowest BCUT2D eigenvalue weighted by Crippen LogP contribution is -2.04. The van der Waals surface area contributed by atoms with Crippen LogP contribution in [0.15, 0.2) is 29.6 Å². The Morgan fingerprint density at radius 3 is 2.65 bits per heavy atom. The molecule has 2 aromatic rings. The summed E-state index contributed by atoms with van der Waals surface area (Å²) < 4.78 is 42.1. The average molecular weight is 259 g/mol. The Morgan fingerprint density at radius 1 is 1.29 bits per heavy atom. The van der Waals surface area contributed by atoms with Crippen molar-refractivity contribution in [1.82, 2.24) is 4.98 Å². The Morgan fingerprint density at radius 2 is 2.06 bits per heavy atom. The fraction of sp³-hybridized carbons (Fsp3) is 0.182. The molecule has 1 heterocycles. The number of hydrogen-bond acceptors (Lipinski definition) is 3. The molecule has 0 saturated carbocycles. The Hall–Kier alpha value is -1.56. The van der Waals surface area contributed by atoms with Gasteiger partial charge in [-0.1, -0.05) is 23.5 Å². The van der Waals surface area contributed by atoms with E-state index in [1.165, 1.54) is 0 Å². The summed E-state index contributed by atoms with van der Waals surface area (Å²) in [5.74, 6) is 0.480. The summed E-state index contributed by atoms with van der Waals surface area (Å²) in [4.78, 5) is 3.38. The van der Waals surface area contributed by atoms with Crippen molar-refractivity contribution in [3.05, 3.63) is 40.9 Å². The second kappa shape index (κ2) is 4.37. The van der Waals surface area contributed by atoms with E-state index in [1.54, 1.807) is 18.2 Å². The molecular weight excluding hydrogens is 251 g/mol. The minimum atomic E-state index is -4.43. The van der Waals surface area contributed by atoms with Crippen LogP contribution in [0, 0.1) is 6.92 Å². The van der Waals surface area contributed by atoms with E-state index in [2.05, 4.69) is 4.98 Å². The molecule has 0 fully saturated rings. The molecule has 0 spiro atoms. The predicted octanol–water partition coefficient (Wildman–Crippen LogP) is 4.26. The Balaban J connectivity index is 2.17. The molecule has 0 aliphatic heterocycles. The molecule has 6 heteroatoms. The van der Waals surface area contributed by atoms with E-state index < -0.39 is 11.9 Å². The molecule has 2 nitrogen and oxygen atoms in total. The lowest BCUT2D eigenvalue weighted by atomic mass is 10.2. The number of aryl methyl sites for hydroxylation is 1. The molecule has 0 atom stereocenters. The molecule has 0 N–H and O–H groups in total. The number of nitrogens with zero attached hydrogens (tertiary/aromatic N) is 1. The summed E-state index contributed by atoms with van der Waals surface area (Å²) >= 11 is 0.824. The van der Waals surface area contributed by atoms with E-state index in [4.69, 9.17) is 4.74 Å². The molecule has 0 unspecified atom stereocenters. The number of thiazole rings is 1. The van der Waals surface area contributed by atoms with E-state index >= 15 is 0 Å². The van der Waals surface area contributed by atoms with Crippen molar-refractivity contribution in [2.75, 3.05) is 0 Å². The molecule has 0 amide bonds. The van der Waals surface area contributed by atoms with Crippen molar-refractivity contribution in [2.45, 2.75) is 13.1 Å². The summed E-state index contributed by atoms with van der Waals surface area (Å²) in [6, 6.07) is 7.04. The zero-order valence-corrected chi connectivity index (χ0v) is 9.60. The van der Waals surface area contributed by atoms with Crippen molar-refractivity contribution >= 4 is 11.3 Å². The van der Waals surface area contributed by atoms with E-state index in [0.717, 1.165) is 22.3 Å². The maximum Gasteiger partial charge on any atom is 0.434 e. The van der Waals surface area contributed by atoms with Gasteiger partial charge in [-0.25, -0.2) is 0 Å². The number of alkyl halides is 3. The molecule has 2 rings (SSSR count). The third kappa shape index (κ3) is 2.97. The molecule has 0 aliphatic carbocycles. The smallest absolute Gasteiger partial charge is 0.431 e. The van der Waals surface area contributed by atoms with Gasteiger partial charge < -0.3 is 4.74 Å². The molecule has 1 aromatic carbocycles. The maximum absolute atomic E-state index is 12.3. The molecule has 17 heavy (non-hydrogen) atoms. The first-order valence-corrected chi connectivity index (χ1v) is 5.60. The number of halogens is 3. The maximum atomic E-state index is 12.3. The SMILES string of the molecule is Cc1cccc(Oc2nc(C(F)(F)F)cs2)c1. The van der Waals surface area contributed by atoms with Gasteiger partial charge in [-0.05, 0) is 24.6 Å². The zero-order chi connectivity index (χ0) is 12.5. The molecule has 0 saturated heterocycles. The fourth-order valence-corrected chi connectivity index (χ4v) is 1.91. The second-order valence-corrected chi connectivity index (χ2v) is 4.24. The van der Waals surface area contributed by atoms with Crippen LogP contribution < -0.4 is 4.74 Å². The summed E-state index contributed by atoms with van der Waals surface area (Å²) in [6.45, 7) is 1.87. The quantitative estimate of drug-likeness (QED) is 0.803. The van der Waals surface area contributed by atoms with E-state index in [-0.39, 0.29) is 5.19 Å². The second-order valence-electron chi connectivity index (χ2n) is 3.41. The van der Waals surface area contributed by atoms with Crippen LogP contribution in [0.3, 0.4) is 0 Å². The monoisotopic (exact) mass is 259 g/mol. The zero-order valence-electron chi connectivity index (χ0n) is 8.78. The van der Waals surface area contributed by atoms with Gasteiger partial charge in [0.2, 0.25) is 0 Å². The van der Waals surface area contributed by atoms with Crippen LogP contribution in [-0.4, -0.2) is 4.98 Å². The van der Waals surface area contributed by atoms with Crippen LogP contribution in [0.5, 0.6) is 10.9 Å². The number of aromatic nitrogens is 1. The Labute approximate surface area is 99.7 Å². The van der Waals surface area contributed by atoms with E-state index in [0.29, 0.717) is 5.75 Å². The van der Waals surface area contributed by atoms with Gasteiger partial charge in [0, 0.05) is 5.38 Å². The lowest BCUT2D eigenvalue weighted by Gasteiger charge is -2.02. The third-order valence-corrected chi connectivity index (χ3v) is 2.69. The number of ether oxygens (including phenoxy) is 1. The molecule has 0 bridgehead atoms. The molecule has 0 aliphatic rings. The number of hydrogen-bond donors (Lipinski definition) is 0. The van der Waals surface area contributed by atoms with Gasteiger partial charge in [0.25, 0.3) is 5.19 Å². The summed E-state index contributed by atoms with van der Waals surface area (Å²) in [5, 5.41) is 0.924. The summed E-state index contributed by atoms with van der Waals surface area (Å²) in [7, 11) is 0. The molecule has 0 radical (unpaired) electrons. The van der Waals surface area contributed by atoms with E-state index in [1.807, 2.05) is 13.0 Å². The van der Waals surface area contributed by atoms with Crippen molar-refractivity contribution in [1.29, 1.82) is 0 Å². The third-order valence-electron chi connectivity index (χ3n) is 1.97. The highest BCUT2D eigenvalue weighted by atomic mass is 32.1. The average Bonchev–Trinajstić information content (AvgIpc) is 2.65. The Kier molecular flexibility index (Phi) is 3.06. The van der Waals surface area contributed by atoms with Gasteiger partial charge in [0.15, 0.2) is 5.69 Å². The van der Waals surface area contributed by atoms with Crippen LogP contribution >= 0.6 is 11.3 Å². The van der Waals surface area contributed by atoms with Crippen LogP contribution in [0.25, 0.3) is 0 Å². The number of rotatable bonds is 2. The minimum absolute atomic E-state index is 0.0112. The normalized spacial score (nSPS) is 11.5. The van der Waals surface area contributed by atoms with Gasteiger partial charge in [0.05, 0.1) is 0 Å². The van der Waals surface area contributed by atoms with Gasteiger partial charge >= 0.3 is 6.18 Å². The van der Waals surface area contributed by atoms with Crippen LogP contribution in [0.4, 0.5) is 13.2 Å². The van der Waals surface area contributed by atoms with Crippen LogP contribution in [0.1, 0.15) is 11.3 Å². The van der Waals surface area contributed by atoms with Gasteiger partial charge in [0.1, 0.15) is 5.75 Å². The fourth-order valence-electron chi connectivity index (χ4n) is 1.21. The minimum Gasteiger partial charge on any atom is -0.431 e.